The summed E-state index contributed by atoms with van der Waals surface area (Å²) < 4.78 is 45.1. The molecule has 1 aliphatic rings. The van der Waals surface area contributed by atoms with Gasteiger partial charge in [-0.1, -0.05) is 13.8 Å². The number of aryl methyl sites for hydroxylation is 2. The summed E-state index contributed by atoms with van der Waals surface area (Å²) >= 11 is 0. The van der Waals surface area contributed by atoms with E-state index >= 15 is 0 Å². The Morgan fingerprint density at radius 3 is 2.54 bits per heavy atom. The first-order valence-corrected chi connectivity index (χ1v) is 12.3. The Hall–Kier alpha value is -4.26. The molecule has 13 heteroatoms. The number of carbonyl (C=O) groups is 1. The fourth-order valence-corrected chi connectivity index (χ4v) is 4.66. The van der Waals surface area contributed by atoms with Crippen LogP contribution < -0.4 is 10.2 Å². The summed E-state index contributed by atoms with van der Waals surface area (Å²) in [7, 11) is 3.57. The molecule has 0 unspecified atom stereocenters. The summed E-state index contributed by atoms with van der Waals surface area (Å²) in [4.78, 5) is 19.3. The molecule has 4 heterocycles. The largest absolute Gasteiger partial charge is 0.416 e. The van der Waals surface area contributed by atoms with Crippen molar-refractivity contribution in [1.82, 2.24) is 29.5 Å². The standard InChI is InChI=1S/C26H27F3N8O2/c1-14(2)9-30-21-7-16(23-18(10-32-36(23)4)24-34-31-13-35(24)3)8-22(33-21)37-11-19-17(25(37)39)5-15(12-38)6-20(19)26(27,28)29/h5-8,10,13-14,38H,9,11-12H2,1-4H3,(H,30,33). The normalized spacial score (nSPS) is 13.5. The van der Waals surface area contributed by atoms with Crippen molar-refractivity contribution in [1.29, 1.82) is 0 Å². The van der Waals surface area contributed by atoms with Crippen LogP contribution >= 0.6 is 0 Å². The third kappa shape index (κ3) is 4.85. The molecule has 5 rings (SSSR count). The van der Waals surface area contributed by atoms with Gasteiger partial charge in [-0.15, -0.1) is 10.2 Å². The number of aliphatic hydroxyl groups is 1. The van der Waals surface area contributed by atoms with Gasteiger partial charge in [0.15, 0.2) is 5.82 Å². The molecule has 0 atom stereocenters. The highest BCUT2D eigenvalue weighted by Gasteiger charge is 2.41. The van der Waals surface area contributed by atoms with Crippen molar-refractivity contribution in [3.05, 3.63) is 59.0 Å². The minimum atomic E-state index is -4.69. The van der Waals surface area contributed by atoms with E-state index in [1.807, 2.05) is 19.9 Å². The molecule has 0 bridgehead atoms. The topological polar surface area (TPSA) is 114 Å². The molecule has 0 radical (unpaired) electrons. The number of aromatic nitrogens is 6. The average molecular weight is 541 g/mol. The number of nitrogens with zero attached hydrogens (tertiary/aromatic N) is 7. The molecule has 4 aromatic rings. The Bertz CT molecular complexity index is 1560. The van der Waals surface area contributed by atoms with E-state index in [1.165, 1.54) is 11.0 Å². The number of amides is 1. The minimum absolute atomic E-state index is 0.0143. The van der Waals surface area contributed by atoms with Crippen LogP contribution in [0.3, 0.4) is 0 Å². The van der Waals surface area contributed by atoms with E-state index in [1.54, 1.807) is 41.9 Å². The van der Waals surface area contributed by atoms with Gasteiger partial charge in [-0.2, -0.15) is 18.3 Å². The van der Waals surface area contributed by atoms with Gasteiger partial charge >= 0.3 is 6.18 Å². The zero-order chi connectivity index (χ0) is 28.1. The van der Waals surface area contributed by atoms with E-state index in [0.29, 0.717) is 35.0 Å². The van der Waals surface area contributed by atoms with Gasteiger partial charge in [0, 0.05) is 31.8 Å². The second kappa shape index (κ2) is 9.80. The maximum atomic E-state index is 13.9. The molecule has 0 fully saturated rings. The second-order valence-electron chi connectivity index (χ2n) is 9.89. The number of benzene rings is 1. The van der Waals surface area contributed by atoms with Crippen molar-refractivity contribution in [3.8, 4) is 22.6 Å². The van der Waals surface area contributed by atoms with Crippen LogP contribution in [0, 0.1) is 5.92 Å². The van der Waals surface area contributed by atoms with Crippen LogP contribution in [0.2, 0.25) is 0 Å². The third-order valence-corrected chi connectivity index (χ3v) is 6.53. The molecular weight excluding hydrogens is 513 g/mol. The number of aliphatic hydroxyl groups excluding tert-OH is 1. The Morgan fingerprint density at radius 2 is 1.90 bits per heavy atom. The zero-order valence-corrected chi connectivity index (χ0v) is 21.8. The van der Waals surface area contributed by atoms with Crippen LogP contribution in [0.25, 0.3) is 22.6 Å². The fraction of sp³-hybridized carbons (Fsp3) is 0.346. The molecule has 10 nitrogen and oxygen atoms in total. The minimum Gasteiger partial charge on any atom is -0.392 e. The number of hydrogen-bond acceptors (Lipinski definition) is 7. The Balaban J connectivity index is 1.64. The highest BCUT2D eigenvalue weighted by molar-refractivity contribution is 6.10. The molecule has 2 N–H and O–H groups in total. The molecule has 204 valence electrons. The molecule has 0 saturated carbocycles. The zero-order valence-electron chi connectivity index (χ0n) is 21.8. The van der Waals surface area contributed by atoms with Crippen molar-refractivity contribution in [2.45, 2.75) is 33.2 Å². The summed E-state index contributed by atoms with van der Waals surface area (Å²) in [6.45, 7) is 3.72. The van der Waals surface area contributed by atoms with E-state index in [9.17, 15) is 23.1 Å². The van der Waals surface area contributed by atoms with Gasteiger partial charge in [0.2, 0.25) is 0 Å². The van der Waals surface area contributed by atoms with E-state index in [4.69, 9.17) is 0 Å². The molecule has 39 heavy (non-hydrogen) atoms. The molecule has 0 aliphatic carbocycles. The summed E-state index contributed by atoms with van der Waals surface area (Å²) in [5.41, 5.74) is 0.829. The van der Waals surface area contributed by atoms with Crippen LogP contribution in [0.4, 0.5) is 24.8 Å². The van der Waals surface area contributed by atoms with Crippen LogP contribution in [-0.4, -0.2) is 47.1 Å². The highest BCUT2D eigenvalue weighted by atomic mass is 19.4. The Morgan fingerprint density at radius 1 is 1.13 bits per heavy atom. The number of nitrogens with one attached hydrogen (secondary N) is 1. The number of carbonyl (C=O) groups excluding carboxylic acids is 1. The van der Waals surface area contributed by atoms with Crippen molar-refractivity contribution < 1.29 is 23.1 Å². The average Bonchev–Trinajstić information content (AvgIpc) is 3.57. The van der Waals surface area contributed by atoms with Crippen molar-refractivity contribution in [3.63, 3.8) is 0 Å². The van der Waals surface area contributed by atoms with E-state index in [0.717, 1.165) is 6.07 Å². The van der Waals surface area contributed by atoms with E-state index in [-0.39, 0.29) is 35.0 Å². The summed E-state index contributed by atoms with van der Waals surface area (Å²) in [6, 6.07) is 5.66. The summed E-state index contributed by atoms with van der Waals surface area (Å²) in [5, 5.41) is 25.3. The van der Waals surface area contributed by atoms with Gasteiger partial charge in [-0.05, 0) is 41.3 Å². The van der Waals surface area contributed by atoms with Crippen LogP contribution in [0.1, 0.15) is 40.9 Å². The second-order valence-corrected chi connectivity index (χ2v) is 9.89. The van der Waals surface area contributed by atoms with Crippen molar-refractivity contribution >= 4 is 17.5 Å². The molecule has 1 aromatic carbocycles. The van der Waals surface area contributed by atoms with Crippen LogP contribution in [0.15, 0.2) is 36.8 Å². The van der Waals surface area contributed by atoms with Gasteiger partial charge in [0.25, 0.3) is 5.91 Å². The van der Waals surface area contributed by atoms with Gasteiger partial charge in [0.1, 0.15) is 18.0 Å². The van der Waals surface area contributed by atoms with Crippen molar-refractivity contribution in [2.75, 3.05) is 16.8 Å². The first kappa shape index (κ1) is 26.4. The van der Waals surface area contributed by atoms with E-state index in [2.05, 4.69) is 25.6 Å². The van der Waals surface area contributed by atoms with Gasteiger partial charge < -0.3 is 15.0 Å². The van der Waals surface area contributed by atoms with E-state index < -0.39 is 24.3 Å². The van der Waals surface area contributed by atoms with Crippen LogP contribution in [-0.2, 0) is 33.4 Å². The number of hydrogen-bond donors (Lipinski definition) is 2. The maximum Gasteiger partial charge on any atom is 0.416 e. The summed E-state index contributed by atoms with van der Waals surface area (Å²) in [5.74, 6) is 0.877. The Kier molecular flexibility index (Phi) is 6.62. The molecule has 0 spiro atoms. The van der Waals surface area contributed by atoms with Crippen molar-refractivity contribution in [2.24, 2.45) is 20.0 Å². The lowest BCUT2D eigenvalue weighted by Crippen LogP contribution is -2.25. The lowest BCUT2D eigenvalue weighted by molar-refractivity contribution is -0.138. The molecule has 1 amide bonds. The molecule has 1 aliphatic heterocycles. The monoisotopic (exact) mass is 540 g/mol. The summed E-state index contributed by atoms with van der Waals surface area (Å²) in [6.07, 6.45) is -1.47. The number of rotatable bonds is 7. The van der Waals surface area contributed by atoms with Gasteiger partial charge in [-0.25, -0.2) is 4.98 Å². The maximum absolute atomic E-state index is 13.9. The fourth-order valence-electron chi connectivity index (χ4n) is 4.66. The SMILES string of the molecule is CC(C)CNc1cc(-c2c(-c3nncn3C)cnn2C)cc(N2Cc3c(cc(CO)cc3C(F)(F)F)C2=O)n1. The number of alkyl halides is 3. The lowest BCUT2D eigenvalue weighted by Gasteiger charge is -2.19. The number of anilines is 2. The quantitative estimate of drug-likeness (QED) is 0.364. The molecular formula is C26H27F3N8O2. The number of halogens is 3. The first-order valence-electron chi connectivity index (χ1n) is 12.3. The number of pyridine rings is 1. The Labute approximate surface area is 222 Å². The predicted molar refractivity (Wildman–Crippen MR) is 138 cm³/mol. The first-order chi connectivity index (χ1) is 18.5. The molecule has 3 aromatic heterocycles. The van der Waals surface area contributed by atoms with Gasteiger partial charge in [0.05, 0.1) is 36.2 Å². The highest BCUT2D eigenvalue weighted by Crippen LogP contribution is 2.40. The predicted octanol–water partition coefficient (Wildman–Crippen LogP) is 4.02. The lowest BCUT2D eigenvalue weighted by atomic mass is 9.99. The number of fused-ring (bicyclic) bond motifs is 1. The smallest absolute Gasteiger partial charge is 0.392 e. The van der Waals surface area contributed by atoms with Crippen LogP contribution in [0.5, 0.6) is 0 Å². The molecule has 0 saturated heterocycles. The van der Waals surface area contributed by atoms with Gasteiger partial charge in [-0.3, -0.25) is 14.4 Å². The third-order valence-electron chi connectivity index (χ3n) is 6.53.